The summed E-state index contributed by atoms with van der Waals surface area (Å²) in [6.07, 6.45) is -5.36. The molecule has 0 radical (unpaired) electrons. The first-order valence-electron chi connectivity index (χ1n) is 6.00. The number of hydrogen-bond acceptors (Lipinski definition) is 6. The summed E-state index contributed by atoms with van der Waals surface area (Å²) in [6.45, 7) is 1.43. The largest absolute Gasteiger partial charge is 0.480 e. The van der Waals surface area contributed by atoms with Crippen molar-refractivity contribution in [2.45, 2.75) is 25.4 Å². The molecule has 5 N–H and O–H groups in total. The lowest BCUT2D eigenvalue weighted by molar-refractivity contribution is -0.138. The highest BCUT2D eigenvalue weighted by Crippen LogP contribution is 2.32. The maximum atomic E-state index is 12.9. The van der Waals surface area contributed by atoms with Crippen LogP contribution in [0.2, 0.25) is 0 Å². The predicted molar refractivity (Wildman–Crippen MR) is 67.0 cm³/mol. The standard InChI is InChI=1S/C11H14F3N5O2/c1-5-2-6(11(12,13)14)3-8(17-5)19-7(9(20)21)4-16-10(19)18-15/h2-3,7,10,16,18H,4,15H2,1H3,(H,20,21). The highest BCUT2D eigenvalue weighted by Gasteiger charge is 2.39. The third-order valence-electron chi connectivity index (χ3n) is 3.09. The number of alkyl halides is 3. The second kappa shape index (κ2) is 5.47. The van der Waals surface area contributed by atoms with Crippen molar-refractivity contribution in [3.63, 3.8) is 0 Å². The maximum absolute atomic E-state index is 12.9. The number of carboxylic acids is 1. The summed E-state index contributed by atoms with van der Waals surface area (Å²) < 4.78 is 38.6. The number of hydrazine groups is 1. The number of rotatable bonds is 3. The molecule has 2 unspecified atom stereocenters. The van der Waals surface area contributed by atoms with Crippen molar-refractivity contribution >= 4 is 11.8 Å². The van der Waals surface area contributed by atoms with Crippen LogP contribution in [0.25, 0.3) is 0 Å². The Labute approximate surface area is 117 Å². The molecule has 0 saturated carbocycles. The number of carbonyl (C=O) groups is 1. The Morgan fingerprint density at radius 2 is 2.24 bits per heavy atom. The van der Waals surface area contributed by atoms with Crippen LogP contribution in [0, 0.1) is 6.92 Å². The van der Waals surface area contributed by atoms with Gasteiger partial charge in [0.1, 0.15) is 18.1 Å². The summed E-state index contributed by atoms with van der Waals surface area (Å²) in [5.41, 5.74) is 1.54. The van der Waals surface area contributed by atoms with E-state index < -0.39 is 30.0 Å². The molecule has 1 fully saturated rings. The summed E-state index contributed by atoms with van der Waals surface area (Å²) in [5, 5.41) is 11.9. The zero-order chi connectivity index (χ0) is 15.8. The predicted octanol–water partition coefficient (Wildman–Crippen LogP) is 0.0185. The molecule has 1 aromatic heterocycles. The van der Waals surface area contributed by atoms with E-state index in [-0.39, 0.29) is 18.1 Å². The van der Waals surface area contributed by atoms with Crippen molar-refractivity contribution in [2.24, 2.45) is 5.84 Å². The van der Waals surface area contributed by atoms with E-state index in [0.717, 1.165) is 12.1 Å². The maximum Gasteiger partial charge on any atom is 0.416 e. The minimum Gasteiger partial charge on any atom is -0.480 e. The van der Waals surface area contributed by atoms with Gasteiger partial charge in [0.25, 0.3) is 0 Å². The van der Waals surface area contributed by atoms with Gasteiger partial charge in [-0.15, -0.1) is 0 Å². The molecule has 0 bridgehead atoms. The van der Waals surface area contributed by atoms with Crippen LogP contribution in [0.15, 0.2) is 12.1 Å². The fraction of sp³-hybridized carbons (Fsp3) is 0.455. The molecule has 0 aromatic carbocycles. The molecule has 0 spiro atoms. The van der Waals surface area contributed by atoms with Crippen LogP contribution >= 0.6 is 0 Å². The number of nitrogens with zero attached hydrogens (tertiary/aromatic N) is 2. The van der Waals surface area contributed by atoms with Gasteiger partial charge in [-0.3, -0.25) is 11.2 Å². The normalized spacial score (nSPS) is 22.6. The summed E-state index contributed by atoms with van der Waals surface area (Å²) >= 11 is 0. The van der Waals surface area contributed by atoms with E-state index in [1.807, 2.05) is 0 Å². The number of carboxylic acid groups (broad SMARTS) is 1. The average molecular weight is 305 g/mol. The fourth-order valence-corrected chi connectivity index (χ4v) is 2.18. The SMILES string of the molecule is Cc1cc(C(F)(F)F)cc(N2C(NN)NCC2C(=O)O)n1. The Bertz CT molecular complexity index is 551. The molecule has 1 aliphatic rings. The van der Waals surface area contributed by atoms with Gasteiger partial charge in [-0.25, -0.2) is 15.2 Å². The Morgan fingerprint density at radius 3 is 2.76 bits per heavy atom. The number of nitrogens with two attached hydrogens (primary N) is 1. The summed E-state index contributed by atoms with van der Waals surface area (Å²) in [6, 6.07) is 0.634. The van der Waals surface area contributed by atoms with E-state index in [9.17, 15) is 18.0 Å². The molecule has 10 heteroatoms. The second-order valence-corrected chi connectivity index (χ2v) is 4.59. The summed E-state index contributed by atoms with van der Waals surface area (Å²) in [7, 11) is 0. The monoisotopic (exact) mass is 305 g/mol. The Hall–Kier alpha value is -1.91. The van der Waals surface area contributed by atoms with Crippen molar-refractivity contribution in [3.05, 3.63) is 23.4 Å². The van der Waals surface area contributed by atoms with Crippen LogP contribution in [0.5, 0.6) is 0 Å². The van der Waals surface area contributed by atoms with Gasteiger partial charge < -0.3 is 10.0 Å². The van der Waals surface area contributed by atoms with E-state index in [2.05, 4.69) is 15.7 Å². The zero-order valence-corrected chi connectivity index (χ0v) is 11.0. The minimum absolute atomic E-state index is 0.0289. The number of anilines is 1. The van der Waals surface area contributed by atoms with Gasteiger partial charge in [-0.05, 0) is 19.1 Å². The van der Waals surface area contributed by atoms with E-state index in [1.54, 1.807) is 0 Å². The molecule has 0 amide bonds. The van der Waals surface area contributed by atoms with Gasteiger partial charge in [0, 0.05) is 12.2 Å². The van der Waals surface area contributed by atoms with Crippen molar-refractivity contribution in [2.75, 3.05) is 11.4 Å². The van der Waals surface area contributed by atoms with Crippen molar-refractivity contribution < 1.29 is 23.1 Å². The van der Waals surface area contributed by atoms with Gasteiger partial charge >= 0.3 is 12.1 Å². The number of pyridine rings is 1. The Kier molecular flexibility index (Phi) is 4.03. The molecule has 21 heavy (non-hydrogen) atoms. The molecule has 0 aliphatic carbocycles. The van der Waals surface area contributed by atoms with Crippen molar-refractivity contribution in [1.82, 2.24) is 15.7 Å². The number of aryl methyl sites for hydroxylation is 1. The first-order chi connectivity index (χ1) is 9.74. The third-order valence-corrected chi connectivity index (χ3v) is 3.09. The Morgan fingerprint density at radius 1 is 1.57 bits per heavy atom. The highest BCUT2D eigenvalue weighted by molar-refractivity contribution is 5.79. The number of nitrogens with one attached hydrogen (secondary N) is 2. The van der Waals surface area contributed by atoms with Crippen LogP contribution in [0.3, 0.4) is 0 Å². The Balaban J connectivity index is 2.47. The van der Waals surface area contributed by atoms with Crippen molar-refractivity contribution in [3.8, 4) is 0 Å². The van der Waals surface area contributed by atoms with Gasteiger partial charge in [-0.2, -0.15) is 13.2 Å². The van der Waals surface area contributed by atoms with Gasteiger partial charge in [0.15, 0.2) is 0 Å². The lowest BCUT2D eigenvalue weighted by Crippen LogP contribution is -2.54. The van der Waals surface area contributed by atoms with Gasteiger partial charge in [0.2, 0.25) is 0 Å². The molecule has 1 aliphatic heterocycles. The third kappa shape index (κ3) is 3.06. The van der Waals surface area contributed by atoms with Crippen LogP contribution in [-0.2, 0) is 11.0 Å². The number of halogens is 3. The minimum atomic E-state index is -4.54. The molecule has 2 heterocycles. The summed E-state index contributed by atoms with van der Waals surface area (Å²) in [4.78, 5) is 16.4. The number of hydrogen-bond donors (Lipinski definition) is 4. The average Bonchev–Trinajstić information content (AvgIpc) is 2.80. The summed E-state index contributed by atoms with van der Waals surface area (Å²) in [5.74, 6) is 4.00. The first-order valence-corrected chi connectivity index (χ1v) is 6.00. The number of aliphatic carboxylic acids is 1. The van der Waals surface area contributed by atoms with Gasteiger partial charge in [-0.1, -0.05) is 0 Å². The quantitative estimate of drug-likeness (QED) is 0.461. The highest BCUT2D eigenvalue weighted by atomic mass is 19.4. The van der Waals surface area contributed by atoms with E-state index in [0.29, 0.717) is 0 Å². The lowest BCUT2D eigenvalue weighted by Gasteiger charge is -2.28. The van der Waals surface area contributed by atoms with Crippen LogP contribution in [-0.4, -0.2) is 34.9 Å². The number of aromatic nitrogens is 1. The molecular formula is C11H14F3N5O2. The van der Waals surface area contributed by atoms with Crippen LogP contribution in [0.1, 0.15) is 11.3 Å². The molecule has 1 saturated heterocycles. The second-order valence-electron chi connectivity index (χ2n) is 4.59. The molecule has 2 rings (SSSR count). The van der Waals surface area contributed by atoms with E-state index >= 15 is 0 Å². The van der Waals surface area contributed by atoms with Crippen LogP contribution < -0.4 is 21.5 Å². The molecule has 1 aromatic rings. The smallest absolute Gasteiger partial charge is 0.416 e. The molecular weight excluding hydrogens is 291 g/mol. The van der Waals surface area contributed by atoms with E-state index in [4.69, 9.17) is 10.9 Å². The topological polar surface area (TPSA) is 104 Å². The van der Waals surface area contributed by atoms with Crippen LogP contribution in [0.4, 0.5) is 19.0 Å². The molecule has 116 valence electrons. The van der Waals surface area contributed by atoms with E-state index in [1.165, 1.54) is 11.8 Å². The zero-order valence-electron chi connectivity index (χ0n) is 11.0. The van der Waals surface area contributed by atoms with Crippen molar-refractivity contribution in [1.29, 1.82) is 0 Å². The lowest BCUT2D eigenvalue weighted by atomic mass is 10.2. The molecule has 2 atom stereocenters. The molecule has 7 nitrogen and oxygen atoms in total. The first kappa shape index (κ1) is 15.5. The fourth-order valence-electron chi connectivity index (χ4n) is 2.18. The van der Waals surface area contributed by atoms with Gasteiger partial charge in [0.05, 0.1) is 5.56 Å².